The lowest BCUT2D eigenvalue weighted by molar-refractivity contribution is 0.169. The van der Waals surface area contributed by atoms with Gasteiger partial charge < -0.3 is 14.6 Å². The van der Waals surface area contributed by atoms with E-state index >= 15 is 0 Å². The molecule has 0 saturated carbocycles. The third-order valence-electron chi connectivity index (χ3n) is 3.34. The van der Waals surface area contributed by atoms with Crippen LogP contribution in [0.2, 0.25) is 0 Å². The highest BCUT2D eigenvalue weighted by Gasteiger charge is 2.25. The largest absolute Gasteiger partial charge is 0.467 e. The highest BCUT2D eigenvalue weighted by molar-refractivity contribution is 7.90. The minimum Gasteiger partial charge on any atom is -0.467 e. The number of nitrogens with one attached hydrogen (secondary N) is 1. The lowest BCUT2D eigenvalue weighted by Crippen LogP contribution is -2.46. The van der Waals surface area contributed by atoms with Crippen LogP contribution in [0.5, 0.6) is 0 Å². The van der Waals surface area contributed by atoms with Gasteiger partial charge in [-0.25, -0.2) is 13.2 Å². The van der Waals surface area contributed by atoms with Gasteiger partial charge in [-0.05, 0) is 30.9 Å². The van der Waals surface area contributed by atoms with Crippen LogP contribution in [0, 0.1) is 5.92 Å². The van der Waals surface area contributed by atoms with Gasteiger partial charge in [0.2, 0.25) is 0 Å². The van der Waals surface area contributed by atoms with Gasteiger partial charge in [-0.2, -0.15) is 0 Å². The number of sulfone groups is 1. The number of furan rings is 1. The number of carbonyl (C=O) groups excluding carboxylic acids is 1. The average molecular weight is 300 g/mol. The van der Waals surface area contributed by atoms with Gasteiger partial charge in [-0.3, -0.25) is 0 Å². The van der Waals surface area contributed by atoms with Gasteiger partial charge >= 0.3 is 6.03 Å². The summed E-state index contributed by atoms with van der Waals surface area (Å²) >= 11 is 0. The van der Waals surface area contributed by atoms with Crippen molar-refractivity contribution in [1.29, 1.82) is 0 Å². The fourth-order valence-corrected chi connectivity index (χ4v) is 3.63. The summed E-state index contributed by atoms with van der Waals surface area (Å²) < 4.78 is 27.8. The molecule has 1 aliphatic heterocycles. The second-order valence-corrected chi connectivity index (χ2v) is 7.47. The highest BCUT2D eigenvalue weighted by atomic mass is 32.2. The monoisotopic (exact) mass is 300 g/mol. The third kappa shape index (κ3) is 4.56. The fourth-order valence-electron chi connectivity index (χ4n) is 2.50. The summed E-state index contributed by atoms with van der Waals surface area (Å²) in [6.07, 6.45) is 4.50. The molecule has 0 spiro atoms. The number of likely N-dealkylation sites (tertiary alicyclic amines) is 1. The van der Waals surface area contributed by atoms with Gasteiger partial charge in [0.25, 0.3) is 0 Å². The molecule has 2 amide bonds. The number of piperidine rings is 1. The second-order valence-electron chi connectivity index (χ2n) is 5.28. The lowest BCUT2D eigenvalue weighted by Gasteiger charge is -2.32. The fraction of sp³-hybridized carbons (Fsp3) is 0.615. The molecule has 0 aromatic carbocycles. The Morgan fingerprint density at radius 3 is 3.00 bits per heavy atom. The normalized spacial score (nSPS) is 19.9. The molecular formula is C13H20N2O4S. The molecule has 1 saturated heterocycles. The topological polar surface area (TPSA) is 79.6 Å². The van der Waals surface area contributed by atoms with Crippen molar-refractivity contribution < 1.29 is 17.6 Å². The number of urea groups is 1. The maximum atomic E-state index is 12.0. The van der Waals surface area contributed by atoms with E-state index in [1.165, 1.54) is 6.26 Å². The molecule has 1 aliphatic rings. The van der Waals surface area contributed by atoms with E-state index in [2.05, 4.69) is 5.32 Å². The molecule has 20 heavy (non-hydrogen) atoms. The van der Waals surface area contributed by atoms with Crippen LogP contribution in [0.15, 0.2) is 22.8 Å². The quantitative estimate of drug-likeness (QED) is 0.907. The van der Waals surface area contributed by atoms with Crippen molar-refractivity contribution in [3.8, 4) is 0 Å². The van der Waals surface area contributed by atoms with Crippen LogP contribution in [0.1, 0.15) is 18.6 Å². The first-order valence-corrected chi connectivity index (χ1v) is 8.73. The summed E-state index contributed by atoms with van der Waals surface area (Å²) in [4.78, 5) is 13.7. The Bertz CT molecular complexity index is 539. The van der Waals surface area contributed by atoms with E-state index in [1.54, 1.807) is 23.3 Å². The van der Waals surface area contributed by atoms with E-state index in [9.17, 15) is 13.2 Å². The third-order valence-corrected chi connectivity index (χ3v) is 4.42. The minimum atomic E-state index is -2.99. The molecule has 112 valence electrons. The van der Waals surface area contributed by atoms with Crippen LogP contribution < -0.4 is 5.32 Å². The summed E-state index contributed by atoms with van der Waals surface area (Å²) in [5.41, 5.74) is 0. The van der Waals surface area contributed by atoms with Gasteiger partial charge in [0, 0.05) is 19.3 Å². The summed E-state index contributed by atoms with van der Waals surface area (Å²) in [5.74, 6) is 0.880. The zero-order valence-electron chi connectivity index (χ0n) is 11.5. The Kier molecular flexibility index (Phi) is 4.69. The molecule has 6 nitrogen and oxygen atoms in total. The molecule has 0 aliphatic carbocycles. The second kappa shape index (κ2) is 6.30. The molecule has 2 heterocycles. The first-order valence-electron chi connectivity index (χ1n) is 6.67. The van der Waals surface area contributed by atoms with Crippen LogP contribution in [0.4, 0.5) is 4.79 Å². The SMILES string of the molecule is CS(=O)(=O)CC1CCCN(C(=O)NCc2ccco2)C1. The molecule has 1 fully saturated rings. The van der Waals surface area contributed by atoms with Crippen LogP contribution in [-0.2, 0) is 16.4 Å². The summed E-state index contributed by atoms with van der Waals surface area (Å²) in [7, 11) is -2.99. The van der Waals surface area contributed by atoms with E-state index in [0.717, 1.165) is 12.8 Å². The predicted molar refractivity (Wildman–Crippen MR) is 75.0 cm³/mol. The summed E-state index contributed by atoms with van der Waals surface area (Å²) in [6, 6.07) is 3.40. The lowest BCUT2D eigenvalue weighted by atomic mass is 10.0. The first-order chi connectivity index (χ1) is 9.44. The van der Waals surface area contributed by atoms with Gasteiger partial charge in [-0.15, -0.1) is 0 Å². The molecule has 0 radical (unpaired) electrons. The van der Waals surface area contributed by atoms with Crippen molar-refractivity contribution >= 4 is 15.9 Å². The highest BCUT2D eigenvalue weighted by Crippen LogP contribution is 2.18. The summed E-state index contributed by atoms with van der Waals surface area (Å²) in [5, 5.41) is 2.78. The predicted octanol–water partition coefficient (Wildman–Crippen LogP) is 1.25. The van der Waals surface area contributed by atoms with E-state index in [1.807, 2.05) is 0 Å². The zero-order chi connectivity index (χ0) is 14.6. The number of rotatable bonds is 4. The molecule has 7 heteroatoms. The maximum Gasteiger partial charge on any atom is 0.317 e. The van der Waals surface area contributed by atoms with Gasteiger partial charge in [-0.1, -0.05) is 0 Å². The first kappa shape index (κ1) is 14.9. The standard InChI is InChI=1S/C13H20N2O4S/c1-20(17,18)10-11-4-2-6-15(9-11)13(16)14-8-12-5-3-7-19-12/h3,5,7,11H,2,4,6,8-10H2,1H3,(H,14,16). The maximum absolute atomic E-state index is 12.0. The Morgan fingerprint density at radius 1 is 1.55 bits per heavy atom. The number of carbonyl (C=O) groups is 1. The molecule has 1 aromatic heterocycles. The number of hydrogen-bond acceptors (Lipinski definition) is 4. The van der Waals surface area contributed by atoms with Crippen molar-refractivity contribution in [3.63, 3.8) is 0 Å². The van der Waals surface area contributed by atoms with Gasteiger partial charge in [0.15, 0.2) is 0 Å². The molecule has 1 atom stereocenters. The number of amides is 2. The smallest absolute Gasteiger partial charge is 0.317 e. The average Bonchev–Trinajstić information content (AvgIpc) is 2.87. The van der Waals surface area contributed by atoms with Crippen LogP contribution in [-0.4, -0.2) is 44.4 Å². The van der Waals surface area contributed by atoms with Crippen LogP contribution in [0.25, 0.3) is 0 Å². The van der Waals surface area contributed by atoms with Gasteiger partial charge in [0.05, 0.1) is 18.6 Å². The van der Waals surface area contributed by atoms with E-state index in [-0.39, 0.29) is 17.7 Å². The van der Waals surface area contributed by atoms with Crippen LogP contribution in [0.3, 0.4) is 0 Å². The number of nitrogens with zero attached hydrogens (tertiary/aromatic N) is 1. The minimum absolute atomic E-state index is 0.0353. The van der Waals surface area contributed by atoms with Crippen molar-refractivity contribution in [1.82, 2.24) is 10.2 Å². The van der Waals surface area contributed by atoms with Crippen molar-refractivity contribution in [3.05, 3.63) is 24.2 Å². The Balaban J connectivity index is 1.83. The van der Waals surface area contributed by atoms with Crippen molar-refractivity contribution in [2.45, 2.75) is 19.4 Å². The Hall–Kier alpha value is -1.50. The van der Waals surface area contributed by atoms with Gasteiger partial charge in [0.1, 0.15) is 15.6 Å². The van der Waals surface area contributed by atoms with E-state index in [4.69, 9.17) is 4.42 Å². The van der Waals surface area contributed by atoms with Crippen LogP contribution >= 0.6 is 0 Å². The molecular weight excluding hydrogens is 280 g/mol. The van der Waals surface area contributed by atoms with E-state index < -0.39 is 9.84 Å². The zero-order valence-corrected chi connectivity index (χ0v) is 12.4. The molecule has 0 bridgehead atoms. The Morgan fingerprint density at radius 2 is 2.35 bits per heavy atom. The molecule has 1 unspecified atom stereocenters. The number of hydrogen-bond donors (Lipinski definition) is 1. The Labute approximate surface area is 119 Å². The van der Waals surface area contributed by atoms with Crippen molar-refractivity contribution in [2.24, 2.45) is 5.92 Å². The molecule has 1 aromatic rings. The molecule has 1 N–H and O–H groups in total. The molecule has 2 rings (SSSR count). The van der Waals surface area contributed by atoms with Crippen molar-refractivity contribution in [2.75, 3.05) is 25.1 Å². The summed E-state index contributed by atoms with van der Waals surface area (Å²) in [6.45, 7) is 1.51. The van der Waals surface area contributed by atoms with E-state index in [0.29, 0.717) is 25.4 Å².